The van der Waals surface area contributed by atoms with Gasteiger partial charge < -0.3 is 9.15 Å². The molecule has 0 bridgehead atoms. The lowest BCUT2D eigenvalue weighted by Gasteiger charge is -2.23. The molecule has 2 aromatic rings. The number of amides is 1. The second kappa shape index (κ2) is 7.19. The third-order valence-electron chi connectivity index (χ3n) is 4.74. The van der Waals surface area contributed by atoms with Crippen LogP contribution in [0.25, 0.3) is 0 Å². The predicted molar refractivity (Wildman–Crippen MR) is 99.2 cm³/mol. The van der Waals surface area contributed by atoms with E-state index in [1.807, 2.05) is 18.2 Å². The zero-order valence-electron chi connectivity index (χ0n) is 14.8. The fourth-order valence-electron chi connectivity index (χ4n) is 3.06. The SMILES string of the molecule is C[C@H](OC(=O)C1CC1)C(=O)N1N=C(c2ccc(Cl)cc2)C[C@H]1c1ccco1. The maximum Gasteiger partial charge on any atom is 0.309 e. The molecule has 0 unspecified atom stereocenters. The molecule has 1 fully saturated rings. The van der Waals surface area contributed by atoms with Gasteiger partial charge in [0.25, 0.3) is 5.91 Å². The fraction of sp³-hybridized carbons (Fsp3) is 0.350. The first-order valence-electron chi connectivity index (χ1n) is 8.93. The number of halogens is 1. The van der Waals surface area contributed by atoms with Gasteiger partial charge in [0.05, 0.1) is 17.9 Å². The molecule has 27 heavy (non-hydrogen) atoms. The van der Waals surface area contributed by atoms with E-state index in [1.54, 1.807) is 31.4 Å². The van der Waals surface area contributed by atoms with Crippen LogP contribution in [0.5, 0.6) is 0 Å². The van der Waals surface area contributed by atoms with Gasteiger partial charge in [0.15, 0.2) is 6.10 Å². The highest BCUT2D eigenvalue weighted by Crippen LogP contribution is 2.35. The predicted octanol–water partition coefficient (Wildman–Crippen LogP) is 3.95. The van der Waals surface area contributed by atoms with E-state index >= 15 is 0 Å². The summed E-state index contributed by atoms with van der Waals surface area (Å²) in [6, 6.07) is 10.5. The highest BCUT2D eigenvalue weighted by atomic mass is 35.5. The Kier molecular flexibility index (Phi) is 4.74. The molecule has 1 aromatic heterocycles. The highest BCUT2D eigenvalue weighted by Gasteiger charge is 2.39. The maximum absolute atomic E-state index is 12.9. The number of carbonyl (C=O) groups excluding carboxylic acids is 2. The van der Waals surface area contributed by atoms with Crippen LogP contribution in [0.15, 0.2) is 52.2 Å². The third-order valence-corrected chi connectivity index (χ3v) is 4.99. The molecule has 1 aliphatic heterocycles. The van der Waals surface area contributed by atoms with Crippen LogP contribution in [0.3, 0.4) is 0 Å². The van der Waals surface area contributed by atoms with Crippen LogP contribution >= 0.6 is 11.6 Å². The molecule has 0 saturated heterocycles. The molecule has 4 rings (SSSR count). The van der Waals surface area contributed by atoms with E-state index in [-0.39, 0.29) is 23.8 Å². The first kappa shape index (κ1) is 17.8. The molecule has 2 heterocycles. The average Bonchev–Trinajstić information content (AvgIpc) is 3.20. The Bertz CT molecular complexity index is 872. The Labute approximate surface area is 161 Å². The number of ether oxygens (including phenoxy) is 1. The summed E-state index contributed by atoms with van der Waals surface area (Å²) in [7, 11) is 0. The highest BCUT2D eigenvalue weighted by molar-refractivity contribution is 6.30. The van der Waals surface area contributed by atoms with Gasteiger partial charge in [-0.15, -0.1) is 0 Å². The zero-order chi connectivity index (χ0) is 19.0. The minimum Gasteiger partial charge on any atom is -0.467 e. The van der Waals surface area contributed by atoms with Gasteiger partial charge in [-0.3, -0.25) is 9.59 Å². The lowest BCUT2D eigenvalue weighted by molar-refractivity contribution is -0.161. The lowest BCUT2D eigenvalue weighted by Crippen LogP contribution is -2.37. The average molecular weight is 387 g/mol. The Balaban J connectivity index is 1.58. The van der Waals surface area contributed by atoms with Crippen molar-refractivity contribution in [3.63, 3.8) is 0 Å². The second-order valence-electron chi connectivity index (χ2n) is 6.83. The molecule has 140 valence electrons. The second-order valence-corrected chi connectivity index (χ2v) is 7.26. The molecular formula is C20H19ClN2O4. The van der Waals surface area contributed by atoms with Gasteiger partial charge in [-0.05, 0) is 49.6 Å². The Morgan fingerprint density at radius 3 is 2.63 bits per heavy atom. The number of rotatable bonds is 5. The first-order chi connectivity index (χ1) is 13.0. The molecule has 0 N–H and O–H groups in total. The van der Waals surface area contributed by atoms with Crippen molar-refractivity contribution in [1.29, 1.82) is 0 Å². The van der Waals surface area contributed by atoms with Crippen LogP contribution in [-0.2, 0) is 14.3 Å². The van der Waals surface area contributed by atoms with Gasteiger partial charge in [0.2, 0.25) is 0 Å². The molecule has 1 saturated carbocycles. The number of esters is 1. The van der Waals surface area contributed by atoms with E-state index in [0.717, 1.165) is 24.1 Å². The molecule has 7 heteroatoms. The summed E-state index contributed by atoms with van der Waals surface area (Å²) in [5.74, 6) is -0.106. The van der Waals surface area contributed by atoms with Gasteiger partial charge in [-0.25, -0.2) is 5.01 Å². The summed E-state index contributed by atoms with van der Waals surface area (Å²) in [5.41, 5.74) is 1.64. The minimum atomic E-state index is -0.899. The number of hydrogen-bond donors (Lipinski definition) is 0. The molecular weight excluding hydrogens is 368 g/mol. The van der Waals surface area contributed by atoms with Crippen molar-refractivity contribution in [2.24, 2.45) is 11.0 Å². The Morgan fingerprint density at radius 1 is 1.26 bits per heavy atom. The van der Waals surface area contributed by atoms with E-state index in [9.17, 15) is 9.59 Å². The van der Waals surface area contributed by atoms with Crippen molar-refractivity contribution in [3.05, 3.63) is 59.0 Å². The molecule has 0 spiro atoms. The molecule has 2 aliphatic rings. The zero-order valence-corrected chi connectivity index (χ0v) is 15.6. The maximum atomic E-state index is 12.9. The molecule has 6 nitrogen and oxygen atoms in total. The topological polar surface area (TPSA) is 72.1 Å². The van der Waals surface area contributed by atoms with Gasteiger partial charge in [0, 0.05) is 11.4 Å². The van der Waals surface area contributed by atoms with Crippen LogP contribution in [0.4, 0.5) is 0 Å². The van der Waals surface area contributed by atoms with Crippen LogP contribution in [0.2, 0.25) is 5.02 Å². The number of hydrogen-bond acceptors (Lipinski definition) is 5. The van der Waals surface area contributed by atoms with Crippen molar-refractivity contribution < 1.29 is 18.7 Å². The van der Waals surface area contributed by atoms with Crippen molar-refractivity contribution >= 4 is 29.2 Å². The van der Waals surface area contributed by atoms with Gasteiger partial charge in [-0.1, -0.05) is 23.7 Å². The number of hydrazone groups is 1. The molecule has 1 aromatic carbocycles. The number of benzene rings is 1. The quantitative estimate of drug-likeness (QED) is 0.729. The summed E-state index contributed by atoms with van der Waals surface area (Å²) in [5, 5.41) is 6.52. The summed E-state index contributed by atoms with van der Waals surface area (Å²) in [4.78, 5) is 24.8. The van der Waals surface area contributed by atoms with E-state index in [1.165, 1.54) is 5.01 Å². The van der Waals surface area contributed by atoms with Crippen molar-refractivity contribution in [1.82, 2.24) is 5.01 Å². The number of nitrogens with zero attached hydrogens (tertiary/aromatic N) is 2. The molecule has 2 atom stereocenters. The minimum absolute atomic E-state index is 0.0622. The first-order valence-corrected chi connectivity index (χ1v) is 9.31. The number of carbonyl (C=O) groups is 2. The van der Waals surface area contributed by atoms with Crippen molar-refractivity contribution in [2.75, 3.05) is 0 Å². The summed E-state index contributed by atoms with van der Waals surface area (Å²) < 4.78 is 10.8. The van der Waals surface area contributed by atoms with Crippen LogP contribution < -0.4 is 0 Å². The molecule has 1 amide bonds. The van der Waals surface area contributed by atoms with Crippen LogP contribution in [0.1, 0.15) is 43.6 Å². The van der Waals surface area contributed by atoms with E-state index in [0.29, 0.717) is 17.2 Å². The van der Waals surface area contributed by atoms with Gasteiger partial charge in [-0.2, -0.15) is 5.10 Å². The smallest absolute Gasteiger partial charge is 0.309 e. The summed E-state index contributed by atoms with van der Waals surface area (Å²) in [6.45, 7) is 1.58. The van der Waals surface area contributed by atoms with E-state index < -0.39 is 6.10 Å². The fourth-order valence-corrected chi connectivity index (χ4v) is 3.19. The molecule has 0 radical (unpaired) electrons. The van der Waals surface area contributed by atoms with E-state index in [4.69, 9.17) is 20.8 Å². The van der Waals surface area contributed by atoms with Crippen molar-refractivity contribution in [3.8, 4) is 0 Å². The Hall–Kier alpha value is -2.60. The number of furan rings is 1. The standard InChI is InChI=1S/C20H19ClN2O4/c1-12(27-20(25)14-4-5-14)19(24)23-17(18-3-2-10-26-18)11-16(22-23)13-6-8-15(21)9-7-13/h2-3,6-10,12,14,17H,4-5,11H2,1H3/t12-,17-/m0/s1. The van der Waals surface area contributed by atoms with E-state index in [2.05, 4.69) is 5.10 Å². The van der Waals surface area contributed by atoms with Crippen LogP contribution in [0, 0.1) is 5.92 Å². The monoisotopic (exact) mass is 386 g/mol. The van der Waals surface area contributed by atoms with Gasteiger partial charge in [0.1, 0.15) is 11.8 Å². The van der Waals surface area contributed by atoms with Crippen molar-refractivity contribution in [2.45, 2.75) is 38.3 Å². The molecule has 1 aliphatic carbocycles. The summed E-state index contributed by atoms with van der Waals surface area (Å²) >= 11 is 5.96. The van der Waals surface area contributed by atoms with Crippen LogP contribution in [-0.4, -0.2) is 28.7 Å². The largest absolute Gasteiger partial charge is 0.467 e. The third kappa shape index (κ3) is 3.76. The van der Waals surface area contributed by atoms with Gasteiger partial charge >= 0.3 is 5.97 Å². The summed E-state index contributed by atoms with van der Waals surface area (Å²) in [6.07, 6.45) is 2.83. The lowest BCUT2D eigenvalue weighted by atomic mass is 10.0. The Morgan fingerprint density at radius 2 is 2.00 bits per heavy atom. The normalized spacial score (nSPS) is 20.3.